The fourth-order valence-corrected chi connectivity index (χ4v) is 4.44. The van der Waals surface area contributed by atoms with Crippen LogP contribution in [0, 0.1) is 6.92 Å². The van der Waals surface area contributed by atoms with Crippen LogP contribution in [0.25, 0.3) is 27.7 Å². The quantitative estimate of drug-likeness (QED) is 0.342. The molecule has 0 radical (unpaired) electrons. The zero-order valence-electron chi connectivity index (χ0n) is 18.5. The Morgan fingerprint density at radius 1 is 1.16 bits per heavy atom. The van der Waals surface area contributed by atoms with E-state index < -0.39 is 0 Å². The van der Waals surface area contributed by atoms with Crippen molar-refractivity contribution in [2.24, 2.45) is 0 Å². The van der Waals surface area contributed by atoms with Crippen LogP contribution in [0.15, 0.2) is 64.6 Å². The summed E-state index contributed by atoms with van der Waals surface area (Å²) >= 11 is 1.62. The number of hydrogen-bond acceptors (Lipinski definition) is 5. The number of fused-ring (bicyclic) bond motifs is 1. The molecule has 5 nitrogen and oxygen atoms in total. The summed E-state index contributed by atoms with van der Waals surface area (Å²) in [7, 11) is 3.28. The number of carbonyl (C=O) groups is 1. The van der Waals surface area contributed by atoms with Crippen molar-refractivity contribution in [1.82, 2.24) is 5.32 Å². The van der Waals surface area contributed by atoms with Crippen LogP contribution >= 0.6 is 11.3 Å². The zero-order chi connectivity index (χ0) is 22.7. The Morgan fingerprint density at radius 3 is 2.72 bits per heavy atom. The third-order valence-electron chi connectivity index (χ3n) is 5.42. The van der Waals surface area contributed by atoms with E-state index in [-0.39, 0.29) is 5.91 Å². The minimum atomic E-state index is -0.143. The van der Waals surface area contributed by atoms with Gasteiger partial charge in [-0.3, -0.25) is 4.79 Å². The number of carbonyl (C=O) groups excluding carboxylic acids is 1. The van der Waals surface area contributed by atoms with Crippen LogP contribution in [-0.4, -0.2) is 20.1 Å². The summed E-state index contributed by atoms with van der Waals surface area (Å²) in [6.07, 6.45) is 3.37. The molecule has 1 amide bonds. The predicted molar refractivity (Wildman–Crippen MR) is 129 cm³/mol. The lowest BCUT2D eigenvalue weighted by Gasteiger charge is -2.13. The van der Waals surface area contributed by atoms with Crippen molar-refractivity contribution >= 4 is 33.8 Å². The smallest absolute Gasteiger partial charge is 0.244 e. The summed E-state index contributed by atoms with van der Waals surface area (Å²) in [6.45, 7) is 4.39. The van der Waals surface area contributed by atoms with E-state index in [1.165, 1.54) is 0 Å². The normalized spacial score (nSPS) is 11.6. The Balaban J connectivity index is 1.73. The van der Waals surface area contributed by atoms with Crippen molar-refractivity contribution in [3.05, 3.63) is 76.2 Å². The Kier molecular flexibility index (Phi) is 6.32. The first kappa shape index (κ1) is 21.7. The van der Waals surface area contributed by atoms with E-state index in [4.69, 9.17) is 13.9 Å². The number of furan rings is 1. The second-order valence-electron chi connectivity index (χ2n) is 7.46. The van der Waals surface area contributed by atoms with Gasteiger partial charge in [0.2, 0.25) is 5.91 Å². The lowest BCUT2D eigenvalue weighted by Crippen LogP contribution is -2.20. The van der Waals surface area contributed by atoms with Crippen molar-refractivity contribution in [3.63, 3.8) is 0 Å². The zero-order valence-corrected chi connectivity index (χ0v) is 19.3. The lowest BCUT2D eigenvalue weighted by molar-refractivity contribution is -0.116. The fourth-order valence-electron chi connectivity index (χ4n) is 3.80. The minimum Gasteiger partial charge on any atom is -0.497 e. The van der Waals surface area contributed by atoms with Gasteiger partial charge in [0, 0.05) is 33.0 Å². The Morgan fingerprint density at radius 2 is 2.00 bits per heavy atom. The Hall–Kier alpha value is -3.51. The molecule has 0 fully saturated rings. The molecule has 164 valence electrons. The van der Waals surface area contributed by atoms with E-state index in [9.17, 15) is 4.79 Å². The van der Waals surface area contributed by atoms with Gasteiger partial charge in [0.25, 0.3) is 0 Å². The fraction of sp³-hybridized carbons (Fsp3) is 0.192. The number of ether oxygens (including phenoxy) is 2. The first-order valence-electron chi connectivity index (χ1n) is 10.2. The monoisotopic (exact) mass is 447 g/mol. The summed E-state index contributed by atoms with van der Waals surface area (Å²) in [5.41, 5.74) is 5.27. The molecule has 0 aliphatic heterocycles. The van der Waals surface area contributed by atoms with Gasteiger partial charge in [0.1, 0.15) is 17.1 Å². The highest BCUT2D eigenvalue weighted by Gasteiger charge is 2.19. The van der Waals surface area contributed by atoms with Gasteiger partial charge in [-0.1, -0.05) is 18.2 Å². The number of hydrogen-bond donors (Lipinski definition) is 1. The van der Waals surface area contributed by atoms with Gasteiger partial charge in [0.15, 0.2) is 0 Å². The molecule has 0 atom stereocenters. The molecule has 2 heterocycles. The second kappa shape index (κ2) is 9.32. The second-order valence-corrected chi connectivity index (χ2v) is 8.50. The maximum Gasteiger partial charge on any atom is 0.244 e. The van der Waals surface area contributed by atoms with Crippen LogP contribution in [0.5, 0.6) is 11.5 Å². The maximum atomic E-state index is 12.5. The highest BCUT2D eigenvalue weighted by molar-refractivity contribution is 7.09. The van der Waals surface area contributed by atoms with E-state index in [1.54, 1.807) is 37.9 Å². The van der Waals surface area contributed by atoms with Crippen LogP contribution in [-0.2, 0) is 11.3 Å². The molecule has 0 aliphatic rings. The van der Waals surface area contributed by atoms with Gasteiger partial charge in [-0.25, -0.2) is 0 Å². The topological polar surface area (TPSA) is 60.7 Å². The number of thiophene rings is 1. The van der Waals surface area contributed by atoms with Crippen molar-refractivity contribution in [1.29, 1.82) is 0 Å². The average molecular weight is 448 g/mol. The number of methoxy groups -OCH3 is 2. The van der Waals surface area contributed by atoms with Crippen LogP contribution in [0.2, 0.25) is 0 Å². The summed E-state index contributed by atoms with van der Waals surface area (Å²) in [6, 6.07) is 13.9. The molecule has 1 N–H and O–H groups in total. The average Bonchev–Trinajstić information content (AvgIpc) is 3.47. The number of nitrogens with one attached hydrogen (secondary N) is 1. The molecule has 0 unspecified atom stereocenters. The molecular weight excluding hydrogens is 422 g/mol. The Bertz CT molecular complexity index is 1280. The largest absolute Gasteiger partial charge is 0.497 e. The van der Waals surface area contributed by atoms with Crippen molar-refractivity contribution in [3.8, 4) is 22.6 Å². The van der Waals surface area contributed by atoms with Crippen molar-refractivity contribution in [2.45, 2.75) is 20.4 Å². The van der Waals surface area contributed by atoms with Gasteiger partial charge in [-0.15, -0.1) is 11.3 Å². The highest BCUT2D eigenvalue weighted by atomic mass is 32.1. The molecule has 4 rings (SSSR count). The molecule has 0 aliphatic carbocycles. The first-order chi connectivity index (χ1) is 15.5. The van der Waals surface area contributed by atoms with Crippen LogP contribution in [0.4, 0.5) is 0 Å². The van der Waals surface area contributed by atoms with Crippen molar-refractivity contribution in [2.75, 3.05) is 14.2 Å². The molecular formula is C26H25NO4S. The van der Waals surface area contributed by atoms with E-state index >= 15 is 0 Å². The minimum absolute atomic E-state index is 0.143. The highest BCUT2D eigenvalue weighted by Crippen LogP contribution is 2.41. The molecule has 0 bridgehead atoms. The number of allylic oxidation sites excluding steroid dienone is 1. The summed E-state index contributed by atoms with van der Waals surface area (Å²) in [5.74, 6) is 1.33. The number of benzene rings is 2. The molecule has 0 spiro atoms. The predicted octanol–water partition coefficient (Wildman–Crippen LogP) is 6.21. The third-order valence-corrected chi connectivity index (χ3v) is 6.29. The summed E-state index contributed by atoms with van der Waals surface area (Å²) in [4.78, 5) is 13.6. The van der Waals surface area contributed by atoms with Gasteiger partial charge < -0.3 is 19.2 Å². The van der Waals surface area contributed by atoms with E-state index in [0.717, 1.165) is 49.4 Å². The molecule has 0 saturated carbocycles. The first-order valence-corrected chi connectivity index (χ1v) is 11.1. The SMILES string of the molecule is COc1cccc(-c2coc3c(C)c(OC)c(/C(C)=C/C(=O)NCc4cccs4)cc23)c1. The van der Waals surface area contributed by atoms with E-state index in [2.05, 4.69) is 5.32 Å². The molecule has 2 aromatic heterocycles. The lowest BCUT2D eigenvalue weighted by atomic mass is 9.96. The molecule has 32 heavy (non-hydrogen) atoms. The van der Waals surface area contributed by atoms with Gasteiger partial charge >= 0.3 is 0 Å². The summed E-state index contributed by atoms with van der Waals surface area (Å²) in [5, 5.41) is 5.89. The molecule has 2 aromatic carbocycles. The van der Waals surface area contributed by atoms with Crippen LogP contribution in [0.1, 0.15) is 22.9 Å². The third kappa shape index (κ3) is 4.27. The van der Waals surface area contributed by atoms with Gasteiger partial charge in [0.05, 0.1) is 27.0 Å². The molecule has 0 saturated heterocycles. The van der Waals surface area contributed by atoms with Crippen molar-refractivity contribution < 1.29 is 18.7 Å². The van der Waals surface area contributed by atoms with Crippen LogP contribution in [0.3, 0.4) is 0 Å². The Labute approximate surface area is 191 Å². The molecule has 6 heteroatoms. The van der Waals surface area contributed by atoms with Gasteiger partial charge in [-0.2, -0.15) is 0 Å². The molecule has 4 aromatic rings. The standard InChI is InChI=1S/C26H25NO4S/c1-16(11-24(28)27-14-20-9-6-10-32-20)21-13-22-23(18-7-5-8-19(12-18)29-3)15-31-26(22)17(2)25(21)30-4/h5-13,15H,14H2,1-4H3,(H,27,28)/b16-11+. The van der Waals surface area contributed by atoms with E-state index in [0.29, 0.717) is 12.3 Å². The van der Waals surface area contributed by atoms with Gasteiger partial charge in [-0.05, 0) is 54.6 Å². The number of aryl methyl sites for hydroxylation is 1. The van der Waals surface area contributed by atoms with E-state index in [1.807, 2.05) is 61.7 Å². The maximum absolute atomic E-state index is 12.5. The summed E-state index contributed by atoms with van der Waals surface area (Å²) < 4.78 is 17.0. The number of amides is 1. The number of rotatable bonds is 7. The van der Waals surface area contributed by atoms with Crippen LogP contribution < -0.4 is 14.8 Å².